The van der Waals surface area contributed by atoms with Gasteiger partial charge in [0, 0.05) is 17.6 Å². The molecule has 0 spiro atoms. The maximum atomic E-state index is 8.89. The Labute approximate surface area is 114 Å². The lowest BCUT2D eigenvalue weighted by molar-refractivity contribution is 0.557. The normalized spacial score (nSPS) is 10.8. The van der Waals surface area contributed by atoms with E-state index in [0.29, 0.717) is 5.56 Å². The monoisotopic (exact) mass is 250 g/mol. The predicted octanol–water partition coefficient (Wildman–Crippen LogP) is 3.95. The number of nitriles is 1. The number of hydrogen-bond acceptors (Lipinski definition) is 2. The van der Waals surface area contributed by atoms with E-state index in [4.69, 9.17) is 5.26 Å². The minimum absolute atomic E-state index is 0.0455. The van der Waals surface area contributed by atoms with Crippen LogP contribution in [0, 0.1) is 11.3 Å². The zero-order valence-corrected chi connectivity index (χ0v) is 11.4. The second-order valence-corrected chi connectivity index (χ2v) is 5.30. The fourth-order valence-corrected chi connectivity index (χ4v) is 2.01. The molecule has 0 unspecified atom stereocenters. The van der Waals surface area contributed by atoms with Crippen LogP contribution in [0.1, 0.15) is 25.0 Å². The quantitative estimate of drug-likeness (QED) is 0.891. The molecule has 0 saturated carbocycles. The lowest BCUT2D eigenvalue weighted by atomic mass is 9.84. The van der Waals surface area contributed by atoms with Crippen LogP contribution in [0.2, 0.25) is 0 Å². The van der Waals surface area contributed by atoms with Gasteiger partial charge < -0.3 is 5.32 Å². The van der Waals surface area contributed by atoms with Gasteiger partial charge in [-0.2, -0.15) is 5.26 Å². The summed E-state index contributed by atoms with van der Waals surface area (Å²) in [4.78, 5) is 0. The van der Waals surface area contributed by atoms with Gasteiger partial charge in [0.15, 0.2) is 0 Å². The molecule has 0 aromatic heterocycles. The van der Waals surface area contributed by atoms with Crippen molar-refractivity contribution in [3.8, 4) is 6.07 Å². The Hall–Kier alpha value is -2.27. The van der Waals surface area contributed by atoms with Crippen LogP contribution in [0.25, 0.3) is 0 Å². The van der Waals surface area contributed by atoms with E-state index in [1.807, 2.05) is 30.3 Å². The molecule has 2 nitrogen and oxygen atoms in total. The number of rotatable bonds is 4. The van der Waals surface area contributed by atoms with E-state index in [9.17, 15) is 0 Å². The zero-order chi connectivity index (χ0) is 13.7. The topological polar surface area (TPSA) is 35.8 Å². The summed E-state index contributed by atoms with van der Waals surface area (Å²) in [7, 11) is 0. The lowest BCUT2D eigenvalue weighted by Crippen LogP contribution is -2.27. The second-order valence-electron chi connectivity index (χ2n) is 5.30. The number of hydrogen-bond donors (Lipinski definition) is 1. The Morgan fingerprint density at radius 1 is 1.05 bits per heavy atom. The summed E-state index contributed by atoms with van der Waals surface area (Å²) in [5.74, 6) is 0. The molecule has 0 radical (unpaired) electrons. The van der Waals surface area contributed by atoms with Gasteiger partial charge in [-0.05, 0) is 23.8 Å². The summed E-state index contributed by atoms with van der Waals surface area (Å²) in [6.45, 7) is 5.25. The molecule has 0 fully saturated rings. The summed E-state index contributed by atoms with van der Waals surface area (Å²) in [5, 5.41) is 12.3. The first-order valence-corrected chi connectivity index (χ1v) is 6.41. The maximum absolute atomic E-state index is 8.89. The molecule has 0 saturated heterocycles. The van der Waals surface area contributed by atoms with E-state index in [1.54, 1.807) is 0 Å². The van der Waals surface area contributed by atoms with Crippen molar-refractivity contribution in [3.63, 3.8) is 0 Å². The molecule has 2 aromatic carbocycles. The number of nitrogens with one attached hydrogen (secondary N) is 1. The van der Waals surface area contributed by atoms with Crippen LogP contribution in [0.15, 0.2) is 54.6 Å². The highest BCUT2D eigenvalue weighted by Gasteiger charge is 2.19. The van der Waals surface area contributed by atoms with Crippen molar-refractivity contribution in [2.24, 2.45) is 0 Å². The van der Waals surface area contributed by atoms with Gasteiger partial charge in [0.2, 0.25) is 0 Å². The van der Waals surface area contributed by atoms with E-state index >= 15 is 0 Å². The van der Waals surface area contributed by atoms with Crippen molar-refractivity contribution < 1.29 is 0 Å². The first-order chi connectivity index (χ1) is 9.12. The molecule has 0 aliphatic heterocycles. The van der Waals surface area contributed by atoms with Crippen molar-refractivity contribution in [2.75, 3.05) is 11.9 Å². The van der Waals surface area contributed by atoms with Gasteiger partial charge in [0.05, 0.1) is 11.6 Å². The van der Waals surface area contributed by atoms with Crippen LogP contribution in [0.4, 0.5) is 5.69 Å². The highest BCUT2D eigenvalue weighted by molar-refractivity contribution is 5.49. The summed E-state index contributed by atoms with van der Waals surface area (Å²) >= 11 is 0. The molecule has 2 aromatic rings. The molecule has 1 N–H and O–H groups in total. The fraction of sp³-hybridized carbons (Fsp3) is 0.235. The molecule has 0 heterocycles. The highest BCUT2D eigenvalue weighted by Crippen LogP contribution is 2.23. The van der Waals surface area contributed by atoms with Gasteiger partial charge >= 0.3 is 0 Å². The van der Waals surface area contributed by atoms with Crippen LogP contribution < -0.4 is 5.32 Å². The van der Waals surface area contributed by atoms with E-state index in [-0.39, 0.29) is 5.41 Å². The molecule has 96 valence electrons. The Bertz CT molecular complexity index is 580. The molecule has 0 aliphatic rings. The third-order valence-corrected chi connectivity index (χ3v) is 3.28. The van der Waals surface area contributed by atoms with Crippen LogP contribution in [-0.2, 0) is 5.41 Å². The Morgan fingerprint density at radius 3 is 2.47 bits per heavy atom. The molecule has 2 rings (SSSR count). The standard InChI is InChI=1S/C17H18N2/c1-17(2,15-8-4-3-5-9-15)13-19-16-10-6-7-14(11-16)12-18/h3-11,19H,13H2,1-2H3. The molecular formula is C17H18N2. The fourth-order valence-electron chi connectivity index (χ4n) is 2.01. The predicted molar refractivity (Wildman–Crippen MR) is 79.1 cm³/mol. The summed E-state index contributed by atoms with van der Waals surface area (Å²) in [6, 6.07) is 20.2. The van der Waals surface area contributed by atoms with Crippen molar-refractivity contribution in [3.05, 3.63) is 65.7 Å². The summed E-state index contributed by atoms with van der Waals surface area (Å²) in [5.41, 5.74) is 3.02. The third-order valence-electron chi connectivity index (χ3n) is 3.28. The van der Waals surface area contributed by atoms with Crippen molar-refractivity contribution in [2.45, 2.75) is 19.3 Å². The lowest BCUT2D eigenvalue weighted by Gasteiger charge is -2.26. The molecule has 0 bridgehead atoms. The maximum Gasteiger partial charge on any atom is 0.0992 e. The molecule has 0 atom stereocenters. The summed E-state index contributed by atoms with van der Waals surface area (Å²) in [6.07, 6.45) is 0. The number of anilines is 1. The Kier molecular flexibility index (Phi) is 3.87. The van der Waals surface area contributed by atoms with Crippen LogP contribution in [-0.4, -0.2) is 6.54 Å². The minimum atomic E-state index is 0.0455. The van der Waals surface area contributed by atoms with Gasteiger partial charge in [-0.1, -0.05) is 50.2 Å². The average Bonchev–Trinajstić information content (AvgIpc) is 2.46. The van der Waals surface area contributed by atoms with Crippen LogP contribution >= 0.6 is 0 Å². The molecule has 0 amide bonds. The minimum Gasteiger partial charge on any atom is -0.384 e. The molecular weight excluding hydrogens is 232 g/mol. The molecule has 0 aliphatic carbocycles. The SMILES string of the molecule is CC(C)(CNc1cccc(C#N)c1)c1ccccc1. The Balaban J connectivity index is 2.07. The zero-order valence-electron chi connectivity index (χ0n) is 11.4. The summed E-state index contributed by atoms with van der Waals surface area (Å²) < 4.78 is 0. The smallest absolute Gasteiger partial charge is 0.0992 e. The van der Waals surface area contributed by atoms with Crippen molar-refractivity contribution in [1.82, 2.24) is 0 Å². The first kappa shape index (κ1) is 13.2. The molecule has 19 heavy (non-hydrogen) atoms. The largest absolute Gasteiger partial charge is 0.384 e. The van der Waals surface area contributed by atoms with Crippen molar-refractivity contribution >= 4 is 5.69 Å². The van der Waals surface area contributed by atoms with Gasteiger partial charge in [0.1, 0.15) is 0 Å². The highest BCUT2D eigenvalue weighted by atomic mass is 14.9. The van der Waals surface area contributed by atoms with E-state index in [2.05, 4.69) is 49.5 Å². The van der Waals surface area contributed by atoms with E-state index < -0.39 is 0 Å². The molecule has 2 heteroatoms. The van der Waals surface area contributed by atoms with Gasteiger partial charge in [-0.25, -0.2) is 0 Å². The van der Waals surface area contributed by atoms with Gasteiger partial charge in [-0.15, -0.1) is 0 Å². The van der Waals surface area contributed by atoms with E-state index in [0.717, 1.165) is 12.2 Å². The average molecular weight is 250 g/mol. The Morgan fingerprint density at radius 2 is 1.79 bits per heavy atom. The van der Waals surface area contributed by atoms with Crippen molar-refractivity contribution in [1.29, 1.82) is 5.26 Å². The number of nitrogens with zero attached hydrogens (tertiary/aromatic N) is 1. The first-order valence-electron chi connectivity index (χ1n) is 6.41. The van der Waals surface area contributed by atoms with Gasteiger partial charge in [-0.3, -0.25) is 0 Å². The van der Waals surface area contributed by atoms with Crippen LogP contribution in [0.3, 0.4) is 0 Å². The number of benzene rings is 2. The third kappa shape index (κ3) is 3.35. The van der Waals surface area contributed by atoms with Gasteiger partial charge in [0.25, 0.3) is 0 Å². The van der Waals surface area contributed by atoms with E-state index in [1.165, 1.54) is 5.56 Å². The second kappa shape index (κ2) is 5.58. The van der Waals surface area contributed by atoms with Crippen LogP contribution in [0.5, 0.6) is 0 Å².